The summed E-state index contributed by atoms with van der Waals surface area (Å²) in [6.45, 7) is 19.9. The van der Waals surface area contributed by atoms with E-state index in [-0.39, 0.29) is 17.7 Å². The number of hydrogen-bond acceptors (Lipinski definition) is 4. The van der Waals surface area contributed by atoms with E-state index in [9.17, 15) is 14.4 Å². The number of aryl methyl sites for hydroxylation is 3. The first kappa shape index (κ1) is 35.8. The maximum Gasteiger partial charge on any atom is 0.408 e. The van der Waals surface area contributed by atoms with E-state index in [1.165, 1.54) is 0 Å². The van der Waals surface area contributed by atoms with Crippen molar-refractivity contribution in [1.29, 1.82) is 0 Å². The molecule has 0 radical (unpaired) electrons. The number of amides is 3. The number of ether oxygens (including phenoxy) is 1. The molecule has 0 saturated carbocycles. The first-order chi connectivity index (χ1) is 20.2. The zero-order chi connectivity index (χ0) is 32.3. The van der Waals surface area contributed by atoms with Crippen molar-refractivity contribution < 1.29 is 19.1 Å². The molecule has 7 nitrogen and oxygen atoms in total. The number of anilines is 1. The van der Waals surface area contributed by atoms with Gasteiger partial charge >= 0.3 is 6.09 Å². The van der Waals surface area contributed by atoms with Crippen LogP contribution < -0.4 is 10.6 Å². The van der Waals surface area contributed by atoms with Crippen LogP contribution in [0.4, 0.5) is 10.5 Å². The molecule has 2 N–H and O–H groups in total. The molecule has 0 heterocycles. The van der Waals surface area contributed by atoms with Crippen LogP contribution in [0.3, 0.4) is 0 Å². The van der Waals surface area contributed by atoms with Gasteiger partial charge in [0.05, 0.1) is 0 Å². The average Bonchev–Trinajstić information content (AvgIpc) is 2.90. The molecule has 7 heteroatoms. The molecule has 238 valence electrons. The van der Waals surface area contributed by atoms with E-state index in [0.717, 1.165) is 65.6 Å². The van der Waals surface area contributed by atoms with Gasteiger partial charge in [-0.25, -0.2) is 4.79 Å². The van der Waals surface area contributed by atoms with Crippen molar-refractivity contribution in [1.82, 2.24) is 10.2 Å². The van der Waals surface area contributed by atoms with Gasteiger partial charge in [0, 0.05) is 12.2 Å². The van der Waals surface area contributed by atoms with Crippen LogP contribution in [0.5, 0.6) is 0 Å². The summed E-state index contributed by atoms with van der Waals surface area (Å²) in [5.41, 5.74) is 4.75. The average molecular weight is 594 g/mol. The van der Waals surface area contributed by atoms with E-state index < -0.39 is 23.8 Å². The van der Waals surface area contributed by atoms with E-state index in [1.54, 1.807) is 25.7 Å². The third-order valence-corrected chi connectivity index (χ3v) is 7.71. The highest BCUT2D eigenvalue weighted by Crippen LogP contribution is 2.31. The van der Waals surface area contributed by atoms with Crippen molar-refractivity contribution in [3.63, 3.8) is 0 Å². The van der Waals surface area contributed by atoms with E-state index in [2.05, 4.69) is 17.6 Å². The first-order valence-corrected chi connectivity index (χ1v) is 15.9. The Morgan fingerprint density at radius 2 is 1.44 bits per heavy atom. The second-order valence-corrected chi connectivity index (χ2v) is 13.2. The summed E-state index contributed by atoms with van der Waals surface area (Å²) in [5, 5.41) is 6.03. The molecule has 0 bridgehead atoms. The lowest BCUT2D eigenvalue weighted by molar-refractivity contribution is -0.141. The van der Waals surface area contributed by atoms with Crippen LogP contribution in [0, 0.1) is 33.6 Å². The minimum Gasteiger partial charge on any atom is -0.444 e. The summed E-state index contributed by atoms with van der Waals surface area (Å²) < 4.78 is 5.54. The van der Waals surface area contributed by atoms with Crippen LogP contribution in [-0.2, 0) is 14.3 Å². The second kappa shape index (κ2) is 16.5. The Labute approximate surface area is 260 Å². The molecule has 0 saturated heterocycles. The Morgan fingerprint density at radius 1 is 0.860 bits per heavy atom. The Balaban J connectivity index is 2.63. The third-order valence-electron chi connectivity index (χ3n) is 7.71. The van der Waals surface area contributed by atoms with Crippen molar-refractivity contribution in [2.45, 2.75) is 125 Å². The zero-order valence-corrected chi connectivity index (χ0v) is 28.2. The van der Waals surface area contributed by atoms with Crippen molar-refractivity contribution in [2.24, 2.45) is 5.92 Å². The molecule has 0 aliphatic rings. The fourth-order valence-corrected chi connectivity index (χ4v) is 5.32. The predicted octanol–water partition coefficient (Wildman–Crippen LogP) is 8.34. The number of alkyl carbamates (subject to hydrolysis) is 1. The van der Waals surface area contributed by atoms with Gasteiger partial charge in [-0.15, -0.1) is 0 Å². The smallest absolute Gasteiger partial charge is 0.408 e. The van der Waals surface area contributed by atoms with Crippen molar-refractivity contribution in [3.05, 3.63) is 64.2 Å². The molecule has 0 spiro atoms. The van der Waals surface area contributed by atoms with Crippen LogP contribution in [-0.4, -0.2) is 41.0 Å². The Morgan fingerprint density at radius 3 is 2.02 bits per heavy atom. The molecule has 2 rings (SSSR count). The molecule has 2 atom stereocenters. The normalized spacial score (nSPS) is 12.9. The van der Waals surface area contributed by atoms with Gasteiger partial charge in [-0.2, -0.15) is 0 Å². The molecule has 2 aromatic carbocycles. The summed E-state index contributed by atoms with van der Waals surface area (Å²) in [4.78, 5) is 43.6. The van der Waals surface area contributed by atoms with Gasteiger partial charge in [-0.05, 0) is 95.0 Å². The lowest BCUT2D eigenvalue weighted by Crippen LogP contribution is -2.53. The standard InChI is InChI=1S/C36H55N3O4/c1-11-12-13-14-15-22-39(34(41)30(23-24(2)3)37-35(42)43-36(8,9)10)32(29-21-17-18-25(4)28(29)7)33(40)38-31-26(5)19-16-20-27(31)6/h16-21,24,30,32H,11-15,22-23H2,1-10H3,(H,37,42)(H,38,40). The second-order valence-electron chi connectivity index (χ2n) is 13.2. The lowest BCUT2D eigenvalue weighted by atomic mass is 9.93. The van der Waals surface area contributed by atoms with Gasteiger partial charge in [0.1, 0.15) is 17.7 Å². The van der Waals surface area contributed by atoms with Gasteiger partial charge in [0.15, 0.2) is 0 Å². The van der Waals surface area contributed by atoms with E-state index in [4.69, 9.17) is 4.74 Å². The molecule has 2 aromatic rings. The number of carbonyl (C=O) groups excluding carboxylic acids is 3. The van der Waals surface area contributed by atoms with Crippen molar-refractivity contribution in [3.8, 4) is 0 Å². The summed E-state index contributed by atoms with van der Waals surface area (Å²) in [5.74, 6) is -0.427. The quantitative estimate of drug-likeness (QED) is 0.216. The number of rotatable bonds is 14. The van der Waals surface area contributed by atoms with Crippen LogP contribution in [0.2, 0.25) is 0 Å². The van der Waals surface area contributed by atoms with Gasteiger partial charge in [-0.3, -0.25) is 9.59 Å². The lowest BCUT2D eigenvalue weighted by Gasteiger charge is -2.36. The molecular weight excluding hydrogens is 538 g/mol. The van der Waals surface area contributed by atoms with Gasteiger partial charge < -0.3 is 20.3 Å². The maximum atomic E-state index is 14.6. The molecule has 43 heavy (non-hydrogen) atoms. The Bertz CT molecular complexity index is 1210. The summed E-state index contributed by atoms with van der Waals surface area (Å²) in [6, 6.07) is 10.1. The van der Waals surface area contributed by atoms with Crippen LogP contribution in [0.15, 0.2) is 36.4 Å². The number of nitrogens with one attached hydrogen (secondary N) is 2. The monoisotopic (exact) mass is 593 g/mol. The minimum absolute atomic E-state index is 0.123. The van der Waals surface area contributed by atoms with Crippen molar-refractivity contribution in [2.75, 3.05) is 11.9 Å². The molecule has 2 unspecified atom stereocenters. The maximum absolute atomic E-state index is 14.6. The van der Waals surface area contributed by atoms with Crippen LogP contribution in [0.1, 0.15) is 114 Å². The van der Waals surface area contributed by atoms with Gasteiger partial charge in [-0.1, -0.05) is 82.9 Å². The highest BCUT2D eigenvalue weighted by atomic mass is 16.6. The first-order valence-electron chi connectivity index (χ1n) is 15.9. The molecule has 3 amide bonds. The number of carbonyl (C=O) groups is 3. The topological polar surface area (TPSA) is 87.7 Å². The highest BCUT2D eigenvalue weighted by molar-refractivity contribution is 6.00. The molecule has 0 fully saturated rings. The fourth-order valence-electron chi connectivity index (χ4n) is 5.32. The SMILES string of the molecule is CCCCCCCN(C(=O)C(CC(C)C)NC(=O)OC(C)(C)C)C(C(=O)Nc1c(C)cccc1C)c1cccc(C)c1C. The number of para-hydroxylation sites is 1. The highest BCUT2D eigenvalue weighted by Gasteiger charge is 2.37. The molecule has 0 aliphatic carbocycles. The summed E-state index contributed by atoms with van der Waals surface area (Å²) in [6.07, 6.45) is 4.78. The van der Waals surface area contributed by atoms with Gasteiger partial charge in [0.2, 0.25) is 5.91 Å². The number of nitrogens with zero attached hydrogens (tertiary/aromatic N) is 1. The summed E-state index contributed by atoms with van der Waals surface area (Å²) >= 11 is 0. The number of hydrogen-bond donors (Lipinski definition) is 2. The Hall–Kier alpha value is -3.35. The van der Waals surface area contributed by atoms with Gasteiger partial charge in [0.25, 0.3) is 5.91 Å². The fraction of sp³-hybridized carbons (Fsp3) is 0.583. The number of benzene rings is 2. The Kier molecular flexibility index (Phi) is 13.7. The van der Waals surface area contributed by atoms with Crippen molar-refractivity contribution >= 4 is 23.6 Å². The van der Waals surface area contributed by atoms with E-state index in [1.807, 2.05) is 77.9 Å². The zero-order valence-electron chi connectivity index (χ0n) is 28.2. The molecule has 0 aliphatic heterocycles. The summed E-state index contributed by atoms with van der Waals surface area (Å²) in [7, 11) is 0. The molecule has 0 aromatic heterocycles. The van der Waals surface area contributed by atoms with Crippen LogP contribution >= 0.6 is 0 Å². The minimum atomic E-state index is -0.882. The molecular formula is C36H55N3O4. The third kappa shape index (κ3) is 11.0. The predicted molar refractivity (Wildman–Crippen MR) is 176 cm³/mol. The van der Waals surface area contributed by atoms with E-state index in [0.29, 0.717) is 13.0 Å². The van der Waals surface area contributed by atoms with Crippen LogP contribution in [0.25, 0.3) is 0 Å². The largest absolute Gasteiger partial charge is 0.444 e. The number of unbranched alkanes of at least 4 members (excludes halogenated alkanes) is 4. The van der Waals surface area contributed by atoms with E-state index >= 15 is 0 Å².